The molecule has 0 aromatic carbocycles. The summed E-state index contributed by atoms with van der Waals surface area (Å²) in [5.41, 5.74) is 0. The molecular weight excluding hydrogens is 148 g/mol. The molecule has 0 bridgehead atoms. The minimum atomic E-state index is -0.187. The standard InChI is InChI=1S/C6H8N2OS/c1-2-5(9)8-6-7-3-4-10-6/h2H,1,3-4H2,(H,7,8,9). The van der Waals surface area contributed by atoms with Crippen molar-refractivity contribution >= 4 is 22.8 Å². The summed E-state index contributed by atoms with van der Waals surface area (Å²) in [5, 5.41) is 3.30. The van der Waals surface area contributed by atoms with Crippen molar-refractivity contribution < 1.29 is 4.79 Å². The molecule has 1 aliphatic rings. The molecule has 0 unspecified atom stereocenters. The lowest BCUT2D eigenvalue weighted by Crippen LogP contribution is -2.24. The molecule has 3 nitrogen and oxygen atoms in total. The van der Waals surface area contributed by atoms with Crippen molar-refractivity contribution in [3.63, 3.8) is 0 Å². The van der Waals surface area contributed by atoms with Crippen LogP contribution in [0.3, 0.4) is 0 Å². The fourth-order valence-corrected chi connectivity index (χ4v) is 1.30. The van der Waals surface area contributed by atoms with Gasteiger partial charge >= 0.3 is 0 Å². The van der Waals surface area contributed by atoms with Crippen LogP contribution in [0, 0.1) is 0 Å². The second-order valence-corrected chi connectivity index (χ2v) is 2.81. The number of rotatable bonds is 1. The van der Waals surface area contributed by atoms with Crippen LogP contribution in [0.15, 0.2) is 17.6 Å². The second kappa shape index (κ2) is 3.41. The van der Waals surface area contributed by atoms with Gasteiger partial charge in [-0.3, -0.25) is 9.79 Å². The molecule has 10 heavy (non-hydrogen) atoms. The van der Waals surface area contributed by atoms with E-state index in [1.165, 1.54) is 6.08 Å². The number of hydrogen-bond donors (Lipinski definition) is 1. The van der Waals surface area contributed by atoms with Crippen LogP contribution in [0.1, 0.15) is 0 Å². The average Bonchev–Trinajstić information content (AvgIpc) is 2.40. The van der Waals surface area contributed by atoms with Gasteiger partial charge in [-0.15, -0.1) is 0 Å². The molecule has 0 aromatic rings. The lowest BCUT2D eigenvalue weighted by atomic mass is 10.6. The van der Waals surface area contributed by atoms with Gasteiger partial charge in [0.15, 0.2) is 5.17 Å². The van der Waals surface area contributed by atoms with Gasteiger partial charge in [0.25, 0.3) is 0 Å². The Hall–Kier alpha value is -0.770. The van der Waals surface area contributed by atoms with E-state index in [1.807, 2.05) is 0 Å². The maximum atomic E-state index is 10.6. The minimum absolute atomic E-state index is 0.187. The van der Waals surface area contributed by atoms with Crippen LogP contribution in [-0.4, -0.2) is 23.4 Å². The number of hydrogen-bond acceptors (Lipinski definition) is 3. The highest BCUT2D eigenvalue weighted by atomic mass is 32.2. The molecular formula is C6H8N2OS. The summed E-state index contributed by atoms with van der Waals surface area (Å²) >= 11 is 1.56. The van der Waals surface area contributed by atoms with Crippen molar-refractivity contribution in [1.29, 1.82) is 0 Å². The van der Waals surface area contributed by atoms with E-state index in [1.54, 1.807) is 11.8 Å². The van der Waals surface area contributed by atoms with Crippen LogP contribution in [0.4, 0.5) is 0 Å². The van der Waals surface area contributed by atoms with E-state index in [0.29, 0.717) is 5.17 Å². The normalized spacial score (nSPS) is 16.2. The molecule has 1 amide bonds. The number of carbonyl (C=O) groups excluding carboxylic acids is 1. The van der Waals surface area contributed by atoms with Crippen LogP contribution in [0.25, 0.3) is 0 Å². The molecule has 0 saturated carbocycles. The molecule has 4 heteroatoms. The summed E-state index contributed by atoms with van der Waals surface area (Å²) < 4.78 is 0. The van der Waals surface area contributed by atoms with E-state index >= 15 is 0 Å². The van der Waals surface area contributed by atoms with Crippen LogP contribution in [-0.2, 0) is 4.79 Å². The first kappa shape index (κ1) is 7.34. The van der Waals surface area contributed by atoms with Crippen LogP contribution in [0.2, 0.25) is 0 Å². The van der Waals surface area contributed by atoms with Crippen molar-refractivity contribution in [3.05, 3.63) is 12.7 Å². The third kappa shape index (κ3) is 1.88. The zero-order chi connectivity index (χ0) is 7.40. The van der Waals surface area contributed by atoms with Gasteiger partial charge < -0.3 is 5.32 Å². The summed E-state index contributed by atoms with van der Waals surface area (Å²) in [6.07, 6.45) is 1.24. The number of thioether (sulfide) groups is 1. The van der Waals surface area contributed by atoms with E-state index in [0.717, 1.165) is 12.3 Å². The van der Waals surface area contributed by atoms with Crippen molar-refractivity contribution in [2.24, 2.45) is 4.99 Å². The SMILES string of the molecule is C=CC(=O)NC1=NCCS1. The zero-order valence-corrected chi connectivity index (χ0v) is 6.28. The number of nitrogens with one attached hydrogen (secondary N) is 1. The Bertz CT molecular complexity index is 188. The van der Waals surface area contributed by atoms with E-state index in [4.69, 9.17) is 0 Å². The second-order valence-electron chi connectivity index (χ2n) is 1.73. The topological polar surface area (TPSA) is 41.5 Å². The molecule has 1 N–H and O–H groups in total. The summed E-state index contributed by atoms with van der Waals surface area (Å²) in [6, 6.07) is 0. The molecule has 54 valence electrons. The molecule has 0 aromatic heterocycles. The third-order valence-electron chi connectivity index (χ3n) is 1.00. The Morgan fingerprint density at radius 1 is 1.90 bits per heavy atom. The molecule has 0 radical (unpaired) electrons. The van der Waals surface area contributed by atoms with Crippen LogP contribution >= 0.6 is 11.8 Å². The Balaban J connectivity index is 2.37. The van der Waals surface area contributed by atoms with Gasteiger partial charge in [0.05, 0.1) is 6.54 Å². The maximum absolute atomic E-state index is 10.6. The molecule has 1 rings (SSSR count). The number of amidine groups is 1. The predicted molar refractivity (Wildman–Crippen MR) is 43.1 cm³/mol. The fraction of sp³-hybridized carbons (Fsp3) is 0.333. The molecule has 1 aliphatic heterocycles. The van der Waals surface area contributed by atoms with E-state index in [-0.39, 0.29) is 5.91 Å². The molecule has 0 atom stereocenters. The highest BCUT2D eigenvalue weighted by Crippen LogP contribution is 2.08. The highest BCUT2D eigenvalue weighted by molar-refractivity contribution is 8.14. The average molecular weight is 156 g/mol. The lowest BCUT2D eigenvalue weighted by molar-refractivity contribution is -0.115. The first-order valence-corrected chi connectivity index (χ1v) is 3.92. The number of nitrogens with zero attached hydrogens (tertiary/aromatic N) is 1. The first-order chi connectivity index (χ1) is 4.83. The molecule has 0 aliphatic carbocycles. The number of carbonyl (C=O) groups is 1. The van der Waals surface area contributed by atoms with Crippen molar-refractivity contribution in [2.75, 3.05) is 12.3 Å². The largest absolute Gasteiger partial charge is 0.302 e. The van der Waals surface area contributed by atoms with Gasteiger partial charge in [-0.05, 0) is 6.08 Å². The first-order valence-electron chi connectivity index (χ1n) is 2.93. The lowest BCUT2D eigenvalue weighted by Gasteiger charge is -1.96. The van der Waals surface area contributed by atoms with E-state index in [9.17, 15) is 4.79 Å². The zero-order valence-electron chi connectivity index (χ0n) is 5.46. The predicted octanol–water partition coefficient (Wildman–Crippen LogP) is 0.391. The highest BCUT2D eigenvalue weighted by Gasteiger charge is 2.07. The minimum Gasteiger partial charge on any atom is -0.302 e. The van der Waals surface area contributed by atoms with Gasteiger partial charge in [-0.1, -0.05) is 18.3 Å². The summed E-state index contributed by atoms with van der Waals surface area (Å²) in [4.78, 5) is 14.7. The van der Waals surface area contributed by atoms with Gasteiger partial charge in [0.1, 0.15) is 0 Å². The van der Waals surface area contributed by atoms with Gasteiger partial charge in [0, 0.05) is 5.75 Å². The van der Waals surface area contributed by atoms with Gasteiger partial charge in [-0.25, -0.2) is 0 Å². The van der Waals surface area contributed by atoms with Crippen molar-refractivity contribution in [3.8, 4) is 0 Å². The summed E-state index contributed by atoms with van der Waals surface area (Å²) in [6.45, 7) is 4.13. The molecule has 0 spiro atoms. The quantitative estimate of drug-likeness (QED) is 0.558. The third-order valence-corrected chi connectivity index (χ3v) is 1.89. The molecule has 1 heterocycles. The van der Waals surface area contributed by atoms with Crippen LogP contribution in [0.5, 0.6) is 0 Å². The Morgan fingerprint density at radius 3 is 3.20 bits per heavy atom. The van der Waals surface area contributed by atoms with Gasteiger partial charge in [-0.2, -0.15) is 0 Å². The molecule has 0 saturated heterocycles. The number of aliphatic imine (C=N–C) groups is 1. The summed E-state index contributed by atoms with van der Waals surface area (Å²) in [7, 11) is 0. The van der Waals surface area contributed by atoms with E-state index in [2.05, 4.69) is 16.9 Å². The smallest absolute Gasteiger partial charge is 0.249 e. The Morgan fingerprint density at radius 2 is 2.70 bits per heavy atom. The maximum Gasteiger partial charge on any atom is 0.249 e. The van der Waals surface area contributed by atoms with Crippen molar-refractivity contribution in [1.82, 2.24) is 5.32 Å². The Labute approximate surface area is 63.6 Å². The van der Waals surface area contributed by atoms with Crippen LogP contribution < -0.4 is 5.32 Å². The summed E-state index contributed by atoms with van der Waals surface area (Å²) in [5.74, 6) is 0.778. The fourth-order valence-electron chi connectivity index (χ4n) is 0.567. The monoisotopic (exact) mass is 156 g/mol. The van der Waals surface area contributed by atoms with E-state index < -0.39 is 0 Å². The molecule has 0 fully saturated rings. The van der Waals surface area contributed by atoms with Gasteiger partial charge in [0.2, 0.25) is 5.91 Å². The van der Waals surface area contributed by atoms with Crippen molar-refractivity contribution in [2.45, 2.75) is 0 Å². The number of amides is 1. The Kier molecular flexibility index (Phi) is 2.50.